The summed E-state index contributed by atoms with van der Waals surface area (Å²) in [7, 11) is 2.17. The van der Waals surface area contributed by atoms with Gasteiger partial charge < -0.3 is 9.84 Å². The minimum atomic E-state index is 0.0578. The Labute approximate surface area is 68.2 Å². The highest BCUT2D eigenvalue weighted by Crippen LogP contribution is 2.19. The first-order valence-corrected chi connectivity index (χ1v) is 4.15. The number of nitrogens with zero attached hydrogens (tertiary/aromatic N) is 1. The molecule has 1 heterocycles. The maximum atomic E-state index is 8.85. The number of rotatable bonds is 2. The second kappa shape index (κ2) is 3.09. The molecule has 11 heavy (non-hydrogen) atoms. The molecular formula is C8H18NO2+. The van der Waals surface area contributed by atoms with E-state index in [2.05, 4.69) is 20.9 Å². The van der Waals surface area contributed by atoms with Gasteiger partial charge in [-0.05, 0) is 13.8 Å². The van der Waals surface area contributed by atoms with Gasteiger partial charge in [0.15, 0.2) is 6.73 Å². The predicted octanol–water partition coefficient (Wildman–Crippen LogP) is 0.190. The Morgan fingerprint density at radius 2 is 2.27 bits per heavy atom. The number of hydrogen-bond acceptors (Lipinski definition) is 2. The van der Waals surface area contributed by atoms with E-state index in [0.29, 0.717) is 6.04 Å². The summed E-state index contributed by atoms with van der Waals surface area (Å²) in [5, 5.41) is 8.85. The number of aliphatic hydroxyl groups excluding tert-OH is 1. The molecule has 0 aliphatic carbocycles. The highest BCUT2D eigenvalue weighted by Gasteiger charge is 2.37. The van der Waals surface area contributed by atoms with Gasteiger partial charge in [-0.25, -0.2) is 0 Å². The minimum absolute atomic E-state index is 0.0578. The van der Waals surface area contributed by atoms with Crippen molar-refractivity contribution in [2.75, 3.05) is 26.9 Å². The summed E-state index contributed by atoms with van der Waals surface area (Å²) < 4.78 is 6.32. The third-order valence-electron chi connectivity index (χ3n) is 2.68. The molecule has 0 aromatic rings. The fourth-order valence-electron chi connectivity index (χ4n) is 1.32. The first-order chi connectivity index (χ1) is 5.08. The van der Waals surface area contributed by atoms with E-state index in [0.717, 1.165) is 17.8 Å². The number of hydrogen-bond donors (Lipinski definition) is 1. The van der Waals surface area contributed by atoms with E-state index in [1.54, 1.807) is 0 Å². The average molecular weight is 160 g/mol. The molecule has 0 aromatic heterocycles. The first-order valence-electron chi connectivity index (χ1n) is 4.15. The van der Waals surface area contributed by atoms with E-state index in [9.17, 15) is 0 Å². The van der Waals surface area contributed by atoms with Gasteiger partial charge in [0.25, 0.3) is 0 Å². The van der Waals surface area contributed by atoms with Gasteiger partial charge in [-0.15, -0.1) is 0 Å². The summed E-state index contributed by atoms with van der Waals surface area (Å²) in [6.07, 6.45) is 0.0578. The molecule has 0 aromatic carbocycles. The number of likely N-dealkylation sites (N-methyl/N-ethyl adjacent to an activating group) is 1. The lowest BCUT2D eigenvalue weighted by Gasteiger charge is -2.31. The predicted molar refractivity (Wildman–Crippen MR) is 43.0 cm³/mol. The molecule has 1 fully saturated rings. The van der Waals surface area contributed by atoms with Crippen LogP contribution in [0.25, 0.3) is 0 Å². The average Bonchev–Trinajstić information content (AvgIpc) is 2.33. The van der Waals surface area contributed by atoms with Gasteiger partial charge in [-0.1, -0.05) is 0 Å². The van der Waals surface area contributed by atoms with E-state index >= 15 is 0 Å². The van der Waals surface area contributed by atoms with E-state index in [1.807, 2.05) is 0 Å². The van der Waals surface area contributed by atoms with Crippen LogP contribution in [0, 0.1) is 0 Å². The van der Waals surface area contributed by atoms with Crippen LogP contribution in [0.15, 0.2) is 0 Å². The lowest BCUT2D eigenvalue weighted by atomic mass is 10.2. The molecule has 2 atom stereocenters. The molecule has 0 amide bonds. The molecular weight excluding hydrogens is 142 g/mol. The zero-order valence-electron chi connectivity index (χ0n) is 7.58. The summed E-state index contributed by atoms with van der Waals surface area (Å²) >= 11 is 0. The van der Waals surface area contributed by atoms with Gasteiger partial charge in [0.05, 0.1) is 19.7 Å². The number of quaternary nitrogens is 1. The van der Waals surface area contributed by atoms with Crippen LogP contribution in [0.1, 0.15) is 13.8 Å². The fraction of sp³-hybridized carbons (Fsp3) is 1.00. The normalized spacial score (nSPS) is 38.5. The Kier molecular flexibility index (Phi) is 2.52. The van der Waals surface area contributed by atoms with Gasteiger partial charge in [0.2, 0.25) is 0 Å². The lowest BCUT2D eigenvalue weighted by molar-refractivity contribution is -0.927. The van der Waals surface area contributed by atoms with Crippen LogP contribution in [0.2, 0.25) is 0 Å². The Morgan fingerprint density at radius 3 is 2.55 bits per heavy atom. The largest absolute Gasteiger partial charge is 0.393 e. The molecule has 1 rings (SSSR count). The van der Waals surface area contributed by atoms with Crippen LogP contribution < -0.4 is 0 Å². The second-order valence-electron chi connectivity index (χ2n) is 3.86. The van der Waals surface area contributed by atoms with E-state index < -0.39 is 0 Å². The molecule has 0 bridgehead atoms. The van der Waals surface area contributed by atoms with Crippen LogP contribution in [0.3, 0.4) is 0 Å². The molecule has 1 N–H and O–H groups in total. The maximum Gasteiger partial charge on any atom is 0.183 e. The fourth-order valence-corrected chi connectivity index (χ4v) is 1.32. The van der Waals surface area contributed by atoms with Crippen molar-refractivity contribution in [3.05, 3.63) is 0 Å². The third-order valence-corrected chi connectivity index (χ3v) is 2.68. The van der Waals surface area contributed by atoms with Crippen molar-refractivity contribution >= 4 is 0 Å². The van der Waals surface area contributed by atoms with Crippen LogP contribution in [-0.4, -0.2) is 48.7 Å². The van der Waals surface area contributed by atoms with Crippen molar-refractivity contribution < 1.29 is 14.3 Å². The molecule has 1 saturated heterocycles. The van der Waals surface area contributed by atoms with Gasteiger partial charge in [-0.2, -0.15) is 0 Å². The topological polar surface area (TPSA) is 29.5 Å². The standard InChI is InChI=1S/C8H18NO2/c1-7(2)9(3)4-8(5-10)11-6-9/h7-8,10H,4-6H2,1-3H3/q+1/t8?,9-/m1/s1. The van der Waals surface area contributed by atoms with Crippen molar-refractivity contribution in [3.8, 4) is 0 Å². The van der Waals surface area contributed by atoms with E-state index in [4.69, 9.17) is 9.84 Å². The van der Waals surface area contributed by atoms with Crippen molar-refractivity contribution in [2.24, 2.45) is 0 Å². The SMILES string of the molecule is CC(C)[N@@+]1(C)COC(CO)C1. The molecule has 3 heteroatoms. The minimum Gasteiger partial charge on any atom is -0.393 e. The van der Waals surface area contributed by atoms with E-state index in [-0.39, 0.29) is 12.7 Å². The smallest absolute Gasteiger partial charge is 0.183 e. The molecule has 0 spiro atoms. The van der Waals surface area contributed by atoms with Crippen molar-refractivity contribution in [3.63, 3.8) is 0 Å². The summed E-state index contributed by atoms with van der Waals surface area (Å²) in [6, 6.07) is 0.576. The van der Waals surface area contributed by atoms with Crippen molar-refractivity contribution in [2.45, 2.75) is 26.0 Å². The summed E-state index contributed by atoms with van der Waals surface area (Å²) in [5.41, 5.74) is 0. The Morgan fingerprint density at radius 1 is 1.64 bits per heavy atom. The molecule has 3 nitrogen and oxygen atoms in total. The zero-order chi connectivity index (χ0) is 8.48. The first kappa shape index (κ1) is 8.97. The Hall–Kier alpha value is -0.120. The van der Waals surface area contributed by atoms with Crippen LogP contribution in [-0.2, 0) is 4.74 Å². The van der Waals surface area contributed by atoms with Gasteiger partial charge in [0, 0.05) is 0 Å². The summed E-state index contributed by atoms with van der Waals surface area (Å²) in [5.74, 6) is 0. The van der Waals surface area contributed by atoms with Crippen molar-refractivity contribution in [1.82, 2.24) is 0 Å². The molecule has 0 radical (unpaired) electrons. The van der Waals surface area contributed by atoms with E-state index in [1.165, 1.54) is 0 Å². The maximum absolute atomic E-state index is 8.85. The van der Waals surface area contributed by atoms with Crippen LogP contribution in [0.5, 0.6) is 0 Å². The Bertz CT molecular complexity index is 138. The van der Waals surface area contributed by atoms with Gasteiger partial charge >= 0.3 is 0 Å². The number of aliphatic hydroxyl groups is 1. The summed E-state index contributed by atoms with van der Waals surface area (Å²) in [4.78, 5) is 0. The molecule has 66 valence electrons. The molecule has 1 aliphatic heterocycles. The van der Waals surface area contributed by atoms with Crippen LogP contribution >= 0.6 is 0 Å². The Balaban J connectivity index is 2.50. The second-order valence-corrected chi connectivity index (χ2v) is 3.86. The number of ether oxygens (including phenoxy) is 1. The highest BCUT2D eigenvalue weighted by atomic mass is 16.5. The van der Waals surface area contributed by atoms with Gasteiger partial charge in [0.1, 0.15) is 12.6 Å². The zero-order valence-corrected chi connectivity index (χ0v) is 7.58. The molecule has 1 unspecified atom stereocenters. The summed E-state index contributed by atoms with van der Waals surface area (Å²) in [6.45, 7) is 6.20. The van der Waals surface area contributed by atoms with Crippen LogP contribution in [0.4, 0.5) is 0 Å². The molecule has 1 aliphatic rings. The van der Waals surface area contributed by atoms with Gasteiger partial charge in [-0.3, -0.25) is 4.48 Å². The monoisotopic (exact) mass is 160 g/mol. The molecule has 0 saturated carbocycles. The lowest BCUT2D eigenvalue weighted by Crippen LogP contribution is -2.48. The third kappa shape index (κ3) is 1.72. The highest BCUT2D eigenvalue weighted by molar-refractivity contribution is 4.60. The quantitative estimate of drug-likeness (QED) is 0.584. The van der Waals surface area contributed by atoms with Crippen molar-refractivity contribution in [1.29, 1.82) is 0 Å².